The second-order valence-electron chi connectivity index (χ2n) is 9.09. The quantitative estimate of drug-likeness (QED) is 0.693. The van der Waals surface area contributed by atoms with Crippen molar-refractivity contribution < 1.29 is 14.4 Å². The van der Waals surface area contributed by atoms with E-state index in [1.807, 2.05) is 31.2 Å². The molecule has 6 heteroatoms. The Labute approximate surface area is 184 Å². The Morgan fingerprint density at radius 3 is 2.58 bits per heavy atom. The fourth-order valence-electron chi connectivity index (χ4n) is 5.12. The molecule has 0 aromatic heterocycles. The summed E-state index contributed by atoms with van der Waals surface area (Å²) < 4.78 is 0. The number of aryl methyl sites for hydroxylation is 1. The molecule has 1 aromatic carbocycles. The van der Waals surface area contributed by atoms with E-state index in [1.165, 1.54) is 23.3 Å². The van der Waals surface area contributed by atoms with Gasteiger partial charge in [0.1, 0.15) is 6.54 Å². The highest BCUT2D eigenvalue weighted by Gasteiger charge is 2.47. The summed E-state index contributed by atoms with van der Waals surface area (Å²) in [6, 6.07) is 6.87. The van der Waals surface area contributed by atoms with Gasteiger partial charge in [-0.05, 0) is 64.0 Å². The molecule has 31 heavy (non-hydrogen) atoms. The van der Waals surface area contributed by atoms with Crippen LogP contribution in [0.4, 0.5) is 10.5 Å². The minimum Gasteiger partial charge on any atom is -0.354 e. The summed E-state index contributed by atoms with van der Waals surface area (Å²) in [6.45, 7) is 2.58. The van der Waals surface area contributed by atoms with E-state index in [1.54, 1.807) is 4.90 Å². The topological polar surface area (TPSA) is 69.7 Å². The second-order valence-corrected chi connectivity index (χ2v) is 9.09. The monoisotopic (exact) mass is 423 g/mol. The summed E-state index contributed by atoms with van der Waals surface area (Å²) in [5, 5.41) is 2.99. The first-order valence-electron chi connectivity index (χ1n) is 11.7. The first-order chi connectivity index (χ1) is 15.0. The van der Waals surface area contributed by atoms with Crippen LogP contribution in [0.15, 0.2) is 35.9 Å². The average Bonchev–Trinajstić information content (AvgIpc) is 2.79. The maximum atomic E-state index is 13.4. The van der Waals surface area contributed by atoms with E-state index in [9.17, 15) is 14.4 Å². The number of nitrogens with zero attached hydrogens (tertiary/aromatic N) is 2. The van der Waals surface area contributed by atoms with Crippen molar-refractivity contribution in [3.63, 3.8) is 0 Å². The van der Waals surface area contributed by atoms with Crippen molar-refractivity contribution in [2.75, 3.05) is 18.0 Å². The van der Waals surface area contributed by atoms with Crippen LogP contribution in [0.2, 0.25) is 0 Å². The Bertz CT molecular complexity index is 861. The van der Waals surface area contributed by atoms with Crippen molar-refractivity contribution in [2.45, 2.75) is 70.8 Å². The van der Waals surface area contributed by atoms with Gasteiger partial charge in [-0.1, -0.05) is 42.2 Å². The molecule has 3 aliphatic rings. The number of amides is 4. The van der Waals surface area contributed by atoms with Crippen LogP contribution < -0.4 is 10.2 Å². The number of urea groups is 1. The second kappa shape index (κ2) is 9.67. The van der Waals surface area contributed by atoms with Gasteiger partial charge in [-0.25, -0.2) is 9.69 Å². The predicted molar refractivity (Wildman–Crippen MR) is 121 cm³/mol. The molecule has 0 bridgehead atoms. The molecule has 0 radical (unpaired) electrons. The third kappa shape index (κ3) is 4.83. The fraction of sp³-hybridized carbons (Fsp3) is 0.560. The zero-order valence-electron chi connectivity index (χ0n) is 18.4. The van der Waals surface area contributed by atoms with Crippen LogP contribution in [0.1, 0.15) is 63.4 Å². The van der Waals surface area contributed by atoms with Crippen LogP contribution in [0.5, 0.6) is 0 Å². The molecule has 6 nitrogen and oxygen atoms in total. The molecule has 0 spiro atoms. The summed E-state index contributed by atoms with van der Waals surface area (Å²) in [4.78, 5) is 42.2. The molecular formula is C25H33N3O3. The van der Waals surface area contributed by atoms with Crippen molar-refractivity contribution in [2.24, 2.45) is 5.92 Å². The molecule has 1 heterocycles. The van der Waals surface area contributed by atoms with E-state index >= 15 is 0 Å². The number of hydrogen-bond acceptors (Lipinski definition) is 3. The molecule has 2 unspecified atom stereocenters. The highest BCUT2D eigenvalue weighted by Crippen LogP contribution is 2.36. The maximum absolute atomic E-state index is 13.4. The molecule has 4 amide bonds. The molecule has 1 aliphatic heterocycles. The van der Waals surface area contributed by atoms with Gasteiger partial charge in [0.2, 0.25) is 11.8 Å². The van der Waals surface area contributed by atoms with Gasteiger partial charge < -0.3 is 10.2 Å². The zero-order valence-corrected chi connectivity index (χ0v) is 18.4. The van der Waals surface area contributed by atoms with Crippen LogP contribution in [-0.2, 0) is 9.59 Å². The highest BCUT2D eigenvalue weighted by molar-refractivity contribution is 6.17. The third-order valence-electron chi connectivity index (χ3n) is 6.86. The average molecular weight is 424 g/mol. The zero-order chi connectivity index (χ0) is 21.8. The van der Waals surface area contributed by atoms with Crippen LogP contribution in [0.25, 0.3) is 0 Å². The van der Waals surface area contributed by atoms with E-state index < -0.39 is 0 Å². The molecular weight excluding hydrogens is 390 g/mol. The number of rotatable bonds is 6. The molecule has 2 fully saturated rings. The summed E-state index contributed by atoms with van der Waals surface area (Å²) in [5.74, 6) is -0.500. The number of fused-ring (bicyclic) bond motifs is 1. The lowest BCUT2D eigenvalue weighted by molar-refractivity contribution is -0.129. The van der Waals surface area contributed by atoms with Crippen molar-refractivity contribution >= 4 is 23.5 Å². The number of hydrogen-bond donors (Lipinski definition) is 1. The number of benzene rings is 1. The van der Waals surface area contributed by atoms with E-state index in [4.69, 9.17) is 0 Å². The maximum Gasteiger partial charge on any atom is 0.332 e. The summed E-state index contributed by atoms with van der Waals surface area (Å²) in [6.07, 6.45) is 11.4. The van der Waals surface area contributed by atoms with Crippen LogP contribution >= 0.6 is 0 Å². The van der Waals surface area contributed by atoms with E-state index in [-0.39, 0.29) is 36.3 Å². The Morgan fingerprint density at radius 1 is 1.06 bits per heavy atom. The molecule has 4 rings (SSSR count). The van der Waals surface area contributed by atoms with Gasteiger partial charge in [0.25, 0.3) is 0 Å². The van der Waals surface area contributed by atoms with Crippen LogP contribution in [0, 0.1) is 12.8 Å². The number of carbonyl (C=O) groups is 3. The molecule has 166 valence electrons. The van der Waals surface area contributed by atoms with E-state index in [0.717, 1.165) is 50.5 Å². The number of anilines is 1. The van der Waals surface area contributed by atoms with Crippen molar-refractivity contribution in [1.29, 1.82) is 0 Å². The molecule has 2 aliphatic carbocycles. The van der Waals surface area contributed by atoms with E-state index in [2.05, 4.69) is 11.4 Å². The SMILES string of the molecule is Cc1ccc(N2C(=O)C3CCCCC3N(CC(=O)NCCC3=CCCCC3)C2=O)cc1. The van der Waals surface area contributed by atoms with Gasteiger partial charge in [-0.2, -0.15) is 0 Å². The number of allylic oxidation sites excluding steroid dienone is 1. The smallest absolute Gasteiger partial charge is 0.332 e. The van der Waals surface area contributed by atoms with Gasteiger partial charge >= 0.3 is 6.03 Å². The van der Waals surface area contributed by atoms with Gasteiger partial charge in [-0.15, -0.1) is 0 Å². The lowest BCUT2D eigenvalue weighted by Crippen LogP contribution is -2.64. The largest absolute Gasteiger partial charge is 0.354 e. The third-order valence-corrected chi connectivity index (χ3v) is 6.86. The normalized spacial score (nSPS) is 24.0. The van der Waals surface area contributed by atoms with Gasteiger partial charge in [0.15, 0.2) is 0 Å². The number of carbonyl (C=O) groups excluding carboxylic acids is 3. The molecule has 1 saturated carbocycles. The van der Waals surface area contributed by atoms with Gasteiger partial charge in [0.05, 0.1) is 11.6 Å². The van der Waals surface area contributed by atoms with Crippen molar-refractivity contribution in [3.8, 4) is 0 Å². The van der Waals surface area contributed by atoms with Gasteiger partial charge in [0, 0.05) is 12.6 Å². The molecule has 1 saturated heterocycles. The lowest BCUT2D eigenvalue weighted by atomic mass is 9.81. The summed E-state index contributed by atoms with van der Waals surface area (Å²) in [7, 11) is 0. The molecule has 1 N–H and O–H groups in total. The number of nitrogens with one attached hydrogen (secondary N) is 1. The van der Waals surface area contributed by atoms with Crippen LogP contribution in [0.3, 0.4) is 0 Å². The molecule has 2 atom stereocenters. The minimum atomic E-state index is -0.373. The Hall–Kier alpha value is -2.63. The van der Waals surface area contributed by atoms with Crippen LogP contribution in [-0.4, -0.2) is 41.9 Å². The minimum absolute atomic E-state index is 0.00862. The predicted octanol–water partition coefficient (Wildman–Crippen LogP) is 4.33. The Balaban J connectivity index is 1.45. The Kier molecular flexibility index (Phi) is 6.73. The first-order valence-corrected chi connectivity index (χ1v) is 11.7. The van der Waals surface area contributed by atoms with E-state index in [0.29, 0.717) is 12.2 Å². The highest BCUT2D eigenvalue weighted by atomic mass is 16.2. The number of imide groups is 1. The Morgan fingerprint density at radius 2 is 1.84 bits per heavy atom. The van der Waals surface area contributed by atoms with Crippen molar-refractivity contribution in [1.82, 2.24) is 10.2 Å². The standard InChI is InChI=1S/C25H33N3O3/c1-18-11-13-20(14-12-18)28-24(30)21-9-5-6-10-22(21)27(25(28)31)17-23(29)26-16-15-19-7-3-2-4-8-19/h7,11-14,21-22H,2-6,8-10,15-17H2,1H3,(H,26,29). The lowest BCUT2D eigenvalue weighted by Gasteiger charge is -2.46. The van der Waals surface area contributed by atoms with Crippen molar-refractivity contribution in [3.05, 3.63) is 41.5 Å². The van der Waals surface area contributed by atoms with Gasteiger partial charge in [-0.3, -0.25) is 9.59 Å². The summed E-state index contributed by atoms with van der Waals surface area (Å²) in [5.41, 5.74) is 3.07. The summed E-state index contributed by atoms with van der Waals surface area (Å²) >= 11 is 0. The first kappa shape index (κ1) is 21.6. The fourth-order valence-corrected chi connectivity index (χ4v) is 5.12. The molecule has 1 aromatic rings.